The molecule has 1 aromatic heterocycles. The van der Waals surface area contributed by atoms with E-state index in [1.54, 1.807) is 19.2 Å². The lowest BCUT2D eigenvalue weighted by Gasteiger charge is -2.23. The fourth-order valence-corrected chi connectivity index (χ4v) is 5.27. The molecule has 1 aromatic carbocycles. The van der Waals surface area contributed by atoms with Crippen molar-refractivity contribution >= 4 is 27.6 Å². The van der Waals surface area contributed by atoms with Crippen molar-refractivity contribution in [3.8, 4) is 5.75 Å². The summed E-state index contributed by atoms with van der Waals surface area (Å²) in [6.07, 6.45) is 2.30. The fourth-order valence-electron chi connectivity index (χ4n) is 3.54. The molecule has 9 nitrogen and oxygen atoms in total. The molecule has 0 aliphatic carbocycles. The van der Waals surface area contributed by atoms with Gasteiger partial charge in [0.2, 0.25) is 15.9 Å². The summed E-state index contributed by atoms with van der Waals surface area (Å²) >= 11 is 0. The summed E-state index contributed by atoms with van der Waals surface area (Å²) in [6, 6.07) is 5.77. The molecule has 2 aromatic rings. The minimum absolute atomic E-state index is 0.0572. The summed E-state index contributed by atoms with van der Waals surface area (Å²) in [5.41, 5.74) is 1.53. The van der Waals surface area contributed by atoms with Gasteiger partial charge in [0, 0.05) is 19.8 Å². The summed E-state index contributed by atoms with van der Waals surface area (Å²) < 4.78 is 39.0. The van der Waals surface area contributed by atoms with E-state index in [2.05, 4.69) is 10.1 Å². The lowest BCUT2D eigenvalue weighted by molar-refractivity contribution is -0.119. The van der Waals surface area contributed by atoms with Gasteiger partial charge in [-0.15, -0.1) is 0 Å². The van der Waals surface area contributed by atoms with Crippen LogP contribution in [0.1, 0.15) is 28.9 Å². The fraction of sp³-hybridized carbons (Fsp3) is 0.400. The highest BCUT2D eigenvalue weighted by atomic mass is 32.2. The topological polar surface area (TPSA) is 107 Å². The maximum atomic E-state index is 13.2. The number of benzene rings is 1. The van der Waals surface area contributed by atoms with Gasteiger partial charge in [0.15, 0.2) is 0 Å². The molecule has 1 amide bonds. The van der Waals surface area contributed by atoms with Crippen LogP contribution in [0.25, 0.3) is 0 Å². The molecule has 0 saturated carbocycles. The lowest BCUT2D eigenvalue weighted by atomic mass is 10.1. The van der Waals surface area contributed by atoms with Crippen molar-refractivity contribution < 1.29 is 27.5 Å². The van der Waals surface area contributed by atoms with E-state index in [4.69, 9.17) is 4.74 Å². The molecule has 30 heavy (non-hydrogen) atoms. The highest BCUT2D eigenvalue weighted by molar-refractivity contribution is 7.89. The van der Waals surface area contributed by atoms with E-state index < -0.39 is 27.9 Å². The Hall–Kier alpha value is -2.85. The van der Waals surface area contributed by atoms with Gasteiger partial charge in [0.1, 0.15) is 22.4 Å². The summed E-state index contributed by atoms with van der Waals surface area (Å²) in [4.78, 5) is 24.7. The molecule has 1 unspecified atom stereocenters. The molecule has 162 valence electrons. The van der Waals surface area contributed by atoms with E-state index in [0.29, 0.717) is 24.3 Å². The Morgan fingerprint density at radius 3 is 2.60 bits per heavy atom. The Kier molecular flexibility index (Phi) is 6.18. The number of anilines is 1. The van der Waals surface area contributed by atoms with Crippen molar-refractivity contribution in [2.75, 3.05) is 26.1 Å². The number of nitrogens with zero attached hydrogens (tertiary/aromatic N) is 2. The maximum absolute atomic E-state index is 13.2. The van der Waals surface area contributed by atoms with Crippen molar-refractivity contribution in [1.29, 1.82) is 0 Å². The molecule has 1 atom stereocenters. The Morgan fingerprint density at radius 1 is 1.20 bits per heavy atom. The van der Waals surface area contributed by atoms with Crippen LogP contribution >= 0.6 is 0 Å². The molecule has 1 saturated heterocycles. The molecule has 10 heteroatoms. The third kappa shape index (κ3) is 4.05. The van der Waals surface area contributed by atoms with E-state index >= 15 is 0 Å². The van der Waals surface area contributed by atoms with Gasteiger partial charge in [0.05, 0.1) is 19.9 Å². The average molecular weight is 436 g/mol. The molecule has 1 aliphatic rings. The molecule has 0 bridgehead atoms. The van der Waals surface area contributed by atoms with Crippen LogP contribution in [0.3, 0.4) is 0 Å². The number of carbonyl (C=O) groups is 2. The molecule has 1 N–H and O–H groups in total. The van der Waals surface area contributed by atoms with E-state index in [9.17, 15) is 18.0 Å². The summed E-state index contributed by atoms with van der Waals surface area (Å²) in [5, 5.41) is 2.79. The van der Waals surface area contributed by atoms with Crippen molar-refractivity contribution in [2.45, 2.75) is 30.7 Å². The Bertz CT molecular complexity index is 1080. The summed E-state index contributed by atoms with van der Waals surface area (Å²) in [6.45, 7) is 2.10. The lowest BCUT2D eigenvalue weighted by Crippen LogP contribution is -2.43. The number of sulfonamides is 1. The molecule has 0 spiro atoms. The van der Waals surface area contributed by atoms with Gasteiger partial charge in [-0.2, -0.15) is 4.31 Å². The van der Waals surface area contributed by atoms with Crippen LogP contribution in [0, 0.1) is 6.92 Å². The van der Waals surface area contributed by atoms with Crippen LogP contribution < -0.4 is 10.1 Å². The highest BCUT2D eigenvalue weighted by Gasteiger charge is 2.40. The number of amides is 1. The molecule has 2 heterocycles. The number of methoxy groups -OCH3 is 2. The number of aryl methyl sites for hydroxylation is 2. The Balaban J connectivity index is 1.87. The van der Waals surface area contributed by atoms with Crippen LogP contribution in [0.2, 0.25) is 0 Å². The van der Waals surface area contributed by atoms with Crippen molar-refractivity contribution in [2.24, 2.45) is 7.05 Å². The Labute approximate surface area is 175 Å². The first-order valence-corrected chi connectivity index (χ1v) is 10.8. The first kappa shape index (κ1) is 21.8. The molecular weight excluding hydrogens is 410 g/mol. The molecular formula is C20H25N3O6S. The summed E-state index contributed by atoms with van der Waals surface area (Å²) in [7, 11) is 0.306. The van der Waals surface area contributed by atoms with Crippen LogP contribution in [-0.2, 0) is 26.6 Å². The quantitative estimate of drug-likeness (QED) is 0.695. The normalized spacial score (nSPS) is 17.0. The van der Waals surface area contributed by atoms with Gasteiger partial charge in [-0.1, -0.05) is 6.07 Å². The Morgan fingerprint density at radius 2 is 1.93 bits per heavy atom. The van der Waals surface area contributed by atoms with Crippen LogP contribution in [-0.4, -0.2) is 56.0 Å². The molecule has 0 radical (unpaired) electrons. The van der Waals surface area contributed by atoms with Gasteiger partial charge in [0.25, 0.3) is 0 Å². The third-order valence-corrected chi connectivity index (χ3v) is 6.97. The third-order valence-electron chi connectivity index (χ3n) is 5.10. The van der Waals surface area contributed by atoms with Gasteiger partial charge in [-0.05, 0) is 43.5 Å². The molecule has 1 fully saturated rings. The second kappa shape index (κ2) is 8.49. The monoisotopic (exact) mass is 435 g/mol. The van der Waals surface area contributed by atoms with Gasteiger partial charge in [-0.3, -0.25) is 4.79 Å². The zero-order chi connectivity index (χ0) is 22.1. The number of ether oxygens (including phenoxy) is 2. The first-order chi connectivity index (χ1) is 14.2. The highest BCUT2D eigenvalue weighted by Crippen LogP contribution is 2.30. The SMILES string of the molecule is COC(=O)c1cc(S(=O)(=O)N2CCCC2C(=O)Nc2cc(C)ccc2OC)cn1C. The van der Waals surface area contributed by atoms with Gasteiger partial charge >= 0.3 is 5.97 Å². The smallest absolute Gasteiger partial charge is 0.354 e. The van der Waals surface area contributed by atoms with Gasteiger partial charge in [-0.25, -0.2) is 13.2 Å². The average Bonchev–Trinajstić information content (AvgIpc) is 3.35. The predicted molar refractivity (Wildman–Crippen MR) is 110 cm³/mol. The zero-order valence-electron chi connectivity index (χ0n) is 17.3. The maximum Gasteiger partial charge on any atom is 0.354 e. The number of carbonyl (C=O) groups excluding carboxylic acids is 2. The number of rotatable bonds is 6. The van der Waals surface area contributed by atoms with Crippen molar-refractivity contribution in [3.05, 3.63) is 41.7 Å². The minimum atomic E-state index is -3.98. The number of esters is 1. The number of aromatic nitrogens is 1. The molecule has 1 aliphatic heterocycles. The van der Waals surface area contributed by atoms with E-state index in [0.717, 1.165) is 5.56 Å². The van der Waals surface area contributed by atoms with E-state index in [1.807, 2.05) is 13.0 Å². The van der Waals surface area contributed by atoms with Crippen LogP contribution in [0.15, 0.2) is 35.4 Å². The predicted octanol–water partition coefficient (Wildman–Crippen LogP) is 1.92. The zero-order valence-corrected chi connectivity index (χ0v) is 18.2. The van der Waals surface area contributed by atoms with Crippen LogP contribution in [0.4, 0.5) is 5.69 Å². The van der Waals surface area contributed by atoms with Crippen LogP contribution in [0.5, 0.6) is 5.75 Å². The second-order valence-electron chi connectivity index (χ2n) is 7.13. The van der Waals surface area contributed by atoms with Crippen molar-refractivity contribution in [3.63, 3.8) is 0 Å². The summed E-state index contributed by atoms with van der Waals surface area (Å²) in [5.74, 6) is -0.572. The largest absolute Gasteiger partial charge is 0.495 e. The molecule has 3 rings (SSSR count). The standard InChI is InChI=1S/C20H25N3O6S/c1-13-7-8-18(28-3)15(10-13)21-19(24)16-6-5-9-23(16)30(26,27)14-11-17(20(25)29-4)22(2)12-14/h7-8,10-12,16H,5-6,9H2,1-4H3,(H,21,24). The van der Waals surface area contributed by atoms with E-state index in [-0.39, 0.29) is 17.1 Å². The van der Waals surface area contributed by atoms with Gasteiger partial charge < -0.3 is 19.4 Å². The van der Waals surface area contributed by atoms with Crippen molar-refractivity contribution in [1.82, 2.24) is 8.87 Å². The van der Waals surface area contributed by atoms with E-state index in [1.165, 1.54) is 35.4 Å². The first-order valence-electron chi connectivity index (χ1n) is 9.41. The number of hydrogen-bond donors (Lipinski definition) is 1. The number of hydrogen-bond acceptors (Lipinski definition) is 6. The number of nitrogens with one attached hydrogen (secondary N) is 1. The minimum Gasteiger partial charge on any atom is -0.495 e. The second-order valence-corrected chi connectivity index (χ2v) is 9.02.